The van der Waals surface area contributed by atoms with E-state index in [1.54, 1.807) is 24.1 Å². The molecule has 4 heteroatoms. The maximum Gasteiger partial charge on any atom is 0.242 e. The molecule has 0 fully saturated rings. The highest BCUT2D eigenvalue weighted by Crippen LogP contribution is 2.13. The smallest absolute Gasteiger partial charge is 0.242 e. The van der Waals surface area contributed by atoms with Crippen molar-refractivity contribution in [2.45, 2.75) is 19.9 Å². The molecule has 1 aromatic rings. The van der Waals surface area contributed by atoms with Crippen LogP contribution >= 0.6 is 0 Å². The minimum absolute atomic E-state index is 0.0804. The number of anilines is 1. The molecule has 0 unspecified atom stereocenters. The van der Waals surface area contributed by atoms with Gasteiger partial charge in [0.25, 0.3) is 0 Å². The number of nitriles is 1. The lowest BCUT2D eigenvalue weighted by molar-refractivity contribution is -0.129. The Balaban J connectivity index is 2.67. The van der Waals surface area contributed by atoms with E-state index in [-0.39, 0.29) is 11.9 Å². The summed E-state index contributed by atoms with van der Waals surface area (Å²) < 4.78 is 0. The molecular weight excluding hydrogens is 226 g/mol. The van der Waals surface area contributed by atoms with Gasteiger partial charge in [0.15, 0.2) is 0 Å². The van der Waals surface area contributed by atoms with Gasteiger partial charge in [0, 0.05) is 25.8 Å². The largest absolute Gasteiger partial charge is 0.365 e. The highest BCUT2D eigenvalue weighted by molar-refractivity contribution is 5.81. The second kappa shape index (κ2) is 6.06. The average Bonchev–Trinajstić information content (AvgIpc) is 2.37. The van der Waals surface area contributed by atoms with Crippen molar-refractivity contribution in [3.05, 3.63) is 29.8 Å². The quantitative estimate of drug-likeness (QED) is 0.813. The van der Waals surface area contributed by atoms with Crippen molar-refractivity contribution >= 4 is 11.6 Å². The first-order chi connectivity index (χ1) is 8.45. The van der Waals surface area contributed by atoms with Crippen molar-refractivity contribution in [3.63, 3.8) is 0 Å². The Morgan fingerprint density at radius 1 is 1.28 bits per heavy atom. The normalized spacial score (nSPS) is 10.0. The summed E-state index contributed by atoms with van der Waals surface area (Å²) in [4.78, 5) is 15.5. The van der Waals surface area contributed by atoms with E-state index in [0.29, 0.717) is 12.1 Å². The monoisotopic (exact) mass is 245 g/mol. The molecule has 0 aliphatic carbocycles. The third kappa shape index (κ3) is 3.49. The molecule has 1 amide bonds. The van der Waals surface area contributed by atoms with Gasteiger partial charge in [0.05, 0.1) is 18.2 Å². The lowest BCUT2D eigenvalue weighted by atomic mass is 10.2. The minimum Gasteiger partial charge on any atom is -0.365 e. The third-order valence-electron chi connectivity index (χ3n) is 2.98. The second-order valence-electron chi connectivity index (χ2n) is 4.61. The lowest BCUT2D eigenvalue weighted by Gasteiger charge is -2.25. The van der Waals surface area contributed by atoms with Crippen LogP contribution in [0.1, 0.15) is 19.4 Å². The van der Waals surface area contributed by atoms with Crippen LogP contribution in [-0.4, -0.2) is 37.5 Å². The molecule has 0 saturated carbocycles. The van der Waals surface area contributed by atoms with Gasteiger partial charge >= 0.3 is 0 Å². The van der Waals surface area contributed by atoms with Gasteiger partial charge in [-0.3, -0.25) is 4.79 Å². The summed E-state index contributed by atoms with van der Waals surface area (Å²) in [5.74, 6) is 0.0804. The SMILES string of the molecule is CC(C)N(C)C(=O)CN(C)c1ccc(C#N)cc1. The van der Waals surface area contributed by atoms with E-state index < -0.39 is 0 Å². The Bertz CT molecular complexity index is 445. The molecule has 18 heavy (non-hydrogen) atoms. The van der Waals surface area contributed by atoms with Crippen LogP contribution in [0.4, 0.5) is 5.69 Å². The second-order valence-corrected chi connectivity index (χ2v) is 4.61. The lowest BCUT2D eigenvalue weighted by Crippen LogP contribution is -2.40. The zero-order valence-electron chi connectivity index (χ0n) is 11.3. The molecule has 0 spiro atoms. The highest BCUT2D eigenvalue weighted by Gasteiger charge is 2.14. The molecule has 0 radical (unpaired) electrons. The molecule has 0 heterocycles. The van der Waals surface area contributed by atoms with Crippen molar-refractivity contribution in [2.75, 3.05) is 25.5 Å². The fraction of sp³-hybridized carbons (Fsp3) is 0.429. The molecule has 96 valence electrons. The summed E-state index contributed by atoms with van der Waals surface area (Å²) in [5, 5.41) is 8.72. The topological polar surface area (TPSA) is 47.3 Å². The predicted molar refractivity (Wildman–Crippen MR) is 72.3 cm³/mol. The number of carbonyl (C=O) groups excluding carboxylic acids is 1. The molecule has 0 atom stereocenters. The zero-order valence-corrected chi connectivity index (χ0v) is 11.3. The van der Waals surface area contributed by atoms with Gasteiger partial charge in [-0.25, -0.2) is 0 Å². The fourth-order valence-corrected chi connectivity index (χ4v) is 1.48. The molecule has 0 saturated heterocycles. The number of rotatable bonds is 4. The molecule has 4 nitrogen and oxygen atoms in total. The molecule has 0 bridgehead atoms. The number of hydrogen-bond acceptors (Lipinski definition) is 3. The van der Waals surface area contributed by atoms with E-state index in [9.17, 15) is 4.79 Å². The van der Waals surface area contributed by atoms with Crippen LogP contribution in [0.3, 0.4) is 0 Å². The zero-order chi connectivity index (χ0) is 13.7. The summed E-state index contributed by atoms with van der Waals surface area (Å²) in [6.07, 6.45) is 0. The van der Waals surface area contributed by atoms with Gasteiger partial charge in [-0.2, -0.15) is 5.26 Å². The summed E-state index contributed by atoms with van der Waals surface area (Å²) in [6, 6.07) is 9.48. The van der Waals surface area contributed by atoms with E-state index in [2.05, 4.69) is 6.07 Å². The summed E-state index contributed by atoms with van der Waals surface area (Å²) in [7, 11) is 3.67. The number of nitrogens with zero attached hydrogens (tertiary/aromatic N) is 3. The van der Waals surface area contributed by atoms with Crippen LogP contribution < -0.4 is 4.90 Å². The Hall–Kier alpha value is -2.02. The van der Waals surface area contributed by atoms with Crippen LogP contribution in [0.2, 0.25) is 0 Å². The van der Waals surface area contributed by atoms with Crippen molar-refractivity contribution < 1.29 is 4.79 Å². The van der Waals surface area contributed by atoms with Crippen molar-refractivity contribution in [2.24, 2.45) is 0 Å². The van der Waals surface area contributed by atoms with Gasteiger partial charge < -0.3 is 9.80 Å². The van der Waals surface area contributed by atoms with Crippen molar-refractivity contribution in [1.29, 1.82) is 5.26 Å². The first-order valence-corrected chi connectivity index (χ1v) is 5.92. The van der Waals surface area contributed by atoms with E-state index in [1.165, 1.54) is 0 Å². The van der Waals surface area contributed by atoms with E-state index >= 15 is 0 Å². The molecule has 0 aromatic heterocycles. The van der Waals surface area contributed by atoms with E-state index in [0.717, 1.165) is 5.69 Å². The van der Waals surface area contributed by atoms with Gasteiger partial charge in [-0.15, -0.1) is 0 Å². The molecule has 0 aliphatic heterocycles. The Morgan fingerprint density at radius 3 is 2.28 bits per heavy atom. The van der Waals surface area contributed by atoms with Crippen molar-refractivity contribution in [1.82, 2.24) is 4.90 Å². The molecular formula is C14H19N3O. The number of hydrogen-bond donors (Lipinski definition) is 0. The molecule has 1 aromatic carbocycles. The summed E-state index contributed by atoms with van der Waals surface area (Å²) >= 11 is 0. The van der Waals surface area contributed by atoms with Crippen LogP contribution in [-0.2, 0) is 4.79 Å². The maximum atomic E-state index is 11.9. The van der Waals surface area contributed by atoms with Gasteiger partial charge in [0.1, 0.15) is 0 Å². The van der Waals surface area contributed by atoms with Crippen LogP contribution in [0, 0.1) is 11.3 Å². The Labute approximate surface area is 108 Å². The highest BCUT2D eigenvalue weighted by atomic mass is 16.2. The fourth-order valence-electron chi connectivity index (χ4n) is 1.48. The van der Waals surface area contributed by atoms with Crippen molar-refractivity contribution in [3.8, 4) is 6.07 Å². The molecule has 1 rings (SSSR count). The summed E-state index contributed by atoms with van der Waals surface area (Å²) in [6.45, 7) is 4.31. The van der Waals surface area contributed by atoms with Gasteiger partial charge in [-0.1, -0.05) is 0 Å². The Kier molecular flexibility index (Phi) is 4.73. The maximum absolute atomic E-state index is 11.9. The Morgan fingerprint density at radius 2 is 1.83 bits per heavy atom. The van der Waals surface area contributed by atoms with Crippen LogP contribution in [0.15, 0.2) is 24.3 Å². The van der Waals surface area contributed by atoms with Gasteiger partial charge in [0.2, 0.25) is 5.91 Å². The summed E-state index contributed by atoms with van der Waals surface area (Å²) in [5.41, 5.74) is 1.55. The van der Waals surface area contributed by atoms with Crippen LogP contribution in [0.5, 0.6) is 0 Å². The molecule has 0 N–H and O–H groups in total. The number of benzene rings is 1. The number of amides is 1. The number of likely N-dealkylation sites (N-methyl/N-ethyl adjacent to an activating group) is 2. The minimum atomic E-state index is 0.0804. The van der Waals surface area contributed by atoms with E-state index in [4.69, 9.17) is 5.26 Å². The number of carbonyl (C=O) groups is 1. The first kappa shape index (κ1) is 14.0. The van der Waals surface area contributed by atoms with Gasteiger partial charge in [-0.05, 0) is 38.1 Å². The van der Waals surface area contributed by atoms with Crippen LogP contribution in [0.25, 0.3) is 0 Å². The predicted octanol–water partition coefficient (Wildman–Crippen LogP) is 1.86. The standard InChI is InChI=1S/C14H19N3O/c1-11(2)17(4)14(18)10-16(3)13-7-5-12(9-15)6-8-13/h5-8,11H,10H2,1-4H3. The first-order valence-electron chi connectivity index (χ1n) is 5.92. The molecule has 0 aliphatic rings. The third-order valence-corrected chi connectivity index (χ3v) is 2.98. The average molecular weight is 245 g/mol. The van der Waals surface area contributed by atoms with E-state index in [1.807, 2.05) is 37.9 Å².